The summed E-state index contributed by atoms with van der Waals surface area (Å²) in [6.07, 6.45) is 0. The highest BCUT2D eigenvalue weighted by molar-refractivity contribution is 5.98. The number of aryl methyl sites for hydroxylation is 4. The molecule has 0 radical (unpaired) electrons. The fraction of sp³-hybridized carbons (Fsp3) is 0.318. The monoisotopic (exact) mass is 381 g/mol. The van der Waals surface area contributed by atoms with Crippen molar-refractivity contribution in [1.82, 2.24) is 10.2 Å². The van der Waals surface area contributed by atoms with Crippen molar-refractivity contribution in [2.24, 2.45) is 0 Å². The van der Waals surface area contributed by atoms with Crippen molar-refractivity contribution in [3.05, 3.63) is 64.2 Å². The molecule has 0 atom stereocenters. The first-order valence-corrected chi connectivity index (χ1v) is 9.14. The van der Waals surface area contributed by atoms with Crippen LogP contribution in [-0.4, -0.2) is 42.8 Å². The lowest BCUT2D eigenvalue weighted by atomic mass is 10.1. The second-order valence-electron chi connectivity index (χ2n) is 7.12. The normalized spacial score (nSPS) is 10.3. The highest BCUT2D eigenvalue weighted by atomic mass is 16.2. The van der Waals surface area contributed by atoms with E-state index in [1.165, 1.54) is 11.9 Å². The van der Waals surface area contributed by atoms with Gasteiger partial charge < -0.3 is 15.5 Å². The van der Waals surface area contributed by atoms with E-state index in [9.17, 15) is 14.4 Å². The van der Waals surface area contributed by atoms with E-state index >= 15 is 0 Å². The molecular formula is C22H27N3O3. The van der Waals surface area contributed by atoms with Crippen LogP contribution in [0.3, 0.4) is 0 Å². The topological polar surface area (TPSA) is 78.5 Å². The van der Waals surface area contributed by atoms with Gasteiger partial charge in [-0.1, -0.05) is 35.4 Å². The Morgan fingerprint density at radius 2 is 1.57 bits per heavy atom. The fourth-order valence-electron chi connectivity index (χ4n) is 3.04. The Balaban J connectivity index is 1.88. The standard InChI is InChI=1S/C22H27N3O3/c1-14-7-6-8-18(11-14)22(28)23-12-20(27)25(5)13-19(26)24-21-16(3)9-15(2)10-17(21)4/h6-11H,12-13H2,1-5H3,(H,23,28)(H,24,26). The van der Waals surface area contributed by atoms with E-state index in [1.807, 2.05) is 45.9 Å². The van der Waals surface area contributed by atoms with Gasteiger partial charge in [-0.3, -0.25) is 14.4 Å². The third-order valence-electron chi connectivity index (χ3n) is 4.43. The Kier molecular flexibility index (Phi) is 6.93. The maximum absolute atomic E-state index is 12.3. The molecule has 0 aromatic heterocycles. The van der Waals surface area contributed by atoms with Gasteiger partial charge in [-0.05, 0) is 51.0 Å². The van der Waals surface area contributed by atoms with Gasteiger partial charge in [-0.25, -0.2) is 0 Å². The first kappa shape index (κ1) is 21.2. The second kappa shape index (κ2) is 9.17. The van der Waals surface area contributed by atoms with Crippen molar-refractivity contribution in [3.63, 3.8) is 0 Å². The molecule has 0 bridgehead atoms. The summed E-state index contributed by atoms with van der Waals surface area (Å²) in [6, 6.07) is 11.1. The molecule has 0 aliphatic carbocycles. The molecule has 148 valence electrons. The van der Waals surface area contributed by atoms with Crippen molar-refractivity contribution in [2.45, 2.75) is 27.7 Å². The third kappa shape index (κ3) is 5.67. The van der Waals surface area contributed by atoms with Crippen LogP contribution in [0.25, 0.3) is 0 Å². The van der Waals surface area contributed by atoms with Crippen LogP contribution in [0.2, 0.25) is 0 Å². The van der Waals surface area contributed by atoms with E-state index in [1.54, 1.807) is 18.2 Å². The Bertz CT molecular complexity index is 883. The van der Waals surface area contributed by atoms with E-state index in [2.05, 4.69) is 10.6 Å². The highest BCUT2D eigenvalue weighted by Crippen LogP contribution is 2.21. The number of nitrogens with one attached hydrogen (secondary N) is 2. The minimum absolute atomic E-state index is 0.0914. The molecule has 0 saturated carbocycles. The second-order valence-corrected chi connectivity index (χ2v) is 7.12. The molecule has 0 aliphatic rings. The van der Waals surface area contributed by atoms with Crippen molar-refractivity contribution < 1.29 is 14.4 Å². The summed E-state index contributed by atoms with van der Waals surface area (Å²) in [7, 11) is 1.54. The third-order valence-corrected chi connectivity index (χ3v) is 4.43. The van der Waals surface area contributed by atoms with Gasteiger partial charge in [0.1, 0.15) is 0 Å². The number of amides is 3. The minimum atomic E-state index is -0.339. The predicted octanol–water partition coefficient (Wildman–Crippen LogP) is 2.75. The molecule has 6 nitrogen and oxygen atoms in total. The van der Waals surface area contributed by atoms with E-state index in [-0.39, 0.29) is 30.8 Å². The lowest BCUT2D eigenvalue weighted by Crippen LogP contribution is -2.41. The van der Waals surface area contributed by atoms with Gasteiger partial charge in [0, 0.05) is 18.3 Å². The number of rotatable bonds is 6. The van der Waals surface area contributed by atoms with Crippen LogP contribution in [0, 0.1) is 27.7 Å². The van der Waals surface area contributed by atoms with Crippen molar-refractivity contribution in [2.75, 3.05) is 25.5 Å². The number of hydrogen-bond acceptors (Lipinski definition) is 3. The molecule has 0 heterocycles. The Morgan fingerprint density at radius 3 is 2.18 bits per heavy atom. The zero-order chi connectivity index (χ0) is 20.8. The Hall–Kier alpha value is -3.15. The molecule has 28 heavy (non-hydrogen) atoms. The lowest BCUT2D eigenvalue weighted by Gasteiger charge is -2.19. The molecular weight excluding hydrogens is 354 g/mol. The smallest absolute Gasteiger partial charge is 0.251 e. The molecule has 0 saturated heterocycles. The molecule has 2 N–H and O–H groups in total. The Morgan fingerprint density at radius 1 is 0.929 bits per heavy atom. The van der Waals surface area contributed by atoms with Gasteiger partial charge in [0.05, 0.1) is 13.1 Å². The van der Waals surface area contributed by atoms with Gasteiger partial charge in [-0.2, -0.15) is 0 Å². The fourth-order valence-corrected chi connectivity index (χ4v) is 3.04. The van der Waals surface area contributed by atoms with Crippen LogP contribution in [0.4, 0.5) is 5.69 Å². The zero-order valence-electron chi connectivity index (χ0n) is 17.1. The van der Waals surface area contributed by atoms with Crippen LogP contribution in [0.15, 0.2) is 36.4 Å². The summed E-state index contributed by atoms with van der Waals surface area (Å²) >= 11 is 0. The number of benzene rings is 2. The van der Waals surface area contributed by atoms with Gasteiger partial charge in [0.2, 0.25) is 11.8 Å². The number of carbonyl (C=O) groups excluding carboxylic acids is 3. The maximum atomic E-state index is 12.3. The average molecular weight is 381 g/mol. The van der Waals surface area contributed by atoms with Crippen LogP contribution in [-0.2, 0) is 9.59 Å². The quantitative estimate of drug-likeness (QED) is 0.808. The summed E-state index contributed by atoms with van der Waals surface area (Å²) < 4.78 is 0. The molecule has 2 aromatic carbocycles. The largest absolute Gasteiger partial charge is 0.343 e. The van der Waals surface area contributed by atoms with Gasteiger partial charge in [-0.15, -0.1) is 0 Å². The van der Waals surface area contributed by atoms with E-state index in [4.69, 9.17) is 0 Å². The first-order valence-electron chi connectivity index (χ1n) is 9.14. The van der Waals surface area contributed by atoms with E-state index < -0.39 is 0 Å². The first-order chi connectivity index (χ1) is 13.2. The van der Waals surface area contributed by atoms with Crippen LogP contribution in [0.5, 0.6) is 0 Å². The number of carbonyl (C=O) groups is 3. The summed E-state index contributed by atoms with van der Waals surface area (Å²) in [5.41, 5.74) is 5.32. The Labute approximate surface area is 165 Å². The summed E-state index contributed by atoms with van der Waals surface area (Å²) in [5.74, 6) is -0.940. The average Bonchev–Trinajstić information content (AvgIpc) is 2.62. The van der Waals surface area contributed by atoms with Crippen LogP contribution < -0.4 is 10.6 Å². The van der Waals surface area contributed by atoms with Crippen molar-refractivity contribution >= 4 is 23.4 Å². The zero-order valence-corrected chi connectivity index (χ0v) is 17.1. The van der Waals surface area contributed by atoms with E-state index in [0.717, 1.165) is 27.9 Å². The van der Waals surface area contributed by atoms with Crippen molar-refractivity contribution in [3.8, 4) is 0 Å². The predicted molar refractivity (Wildman–Crippen MR) is 110 cm³/mol. The molecule has 0 spiro atoms. The molecule has 0 aliphatic heterocycles. The van der Waals surface area contributed by atoms with Gasteiger partial charge >= 0.3 is 0 Å². The SMILES string of the molecule is Cc1cccc(C(=O)NCC(=O)N(C)CC(=O)Nc2c(C)cc(C)cc2C)c1. The molecule has 0 unspecified atom stereocenters. The molecule has 2 rings (SSSR count). The summed E-state index contributed by atoms with van der Waals surface area (Å²) in [4.78, 5) is 38.0. The van der Waals surface area contributed by atoms with Crippen LogP contribution in [0.1, 0.15) is 32.6 Å². The van der Waals surface area contributed by atoms with Gasteiger partial charge in [0.15, 0.2) is 0 Å². The van der Waals surface area contributed by atoms with Crippen LogP contribution >= 0.6 is 0 Å². The molecule has 3 amide bonds. The lowest BCUT2D eigenvalue weighted by molar-refractivity contribution is -0.132. The number of nitrogens with zero attached hydrogens (tertiary/aromatic N) is 1. The minimum Gasteiger partial charge on any atom is -0.343 e. The summed E-state index contributed by atoms with van der Waals surface area (Å²) in [6.45, 7) is 7.51. The van der Waals surface area contributed by atoms with E-state index in [0.29, 0.717) is 5.56 Å². The molecule has 0 fully saturated rings. The number of likely N-dealkylation sites (N-methyl/N-ethyl adjacent to an activating group) is 1. The van der Waals surface area contributed by atoms with Gasteiger partial charge in [0.25, 0.3) is 5.91 Å². The maximum Gasteiger partial charge on any atom is 0.251 e. The number of hydrogen-bond donors (Lipinski definition) is 2. The highest BCUT2D eigenvalue weighted by Gasteiger charge is 2.16. The number of anilines is 1. The molecule has 2 aromatic rings. The van der Waals surface area contributed by atoms with Crippen molar-refractivity contribution in [1.29, 1.82) is 0 Å². The summed E-state index contributed by atoms with van der Waals surface area (Å²) in [5, 5.41) is 5.46. The molecule has 6 heteroatoms.